The molecule has 0 fully saturated rings. The molecule has 0 aliphatic rings. The molecular formula is C22H31IN6S. The van der Waals surface area contributed by atoms with Crippen molar-refractivity contribution in [3.05, 3.63) is 69.2 Å². The van der Waals surface area contributed by atoms with Gasteiger partial charge in [0.15, 0.2) is 5.96 Å². The number of rotatable bonds is 8. The van der Waals surface area contributed by atoms with Gasteiger partial charge in [0.2, 0.25) is 0 Å². The minimum Gasteiger partial charge on any atom is -0.357 e. The monoisotopic (exact) mass is 538 g/mol. The number of aryl methyl sites for hydroxylation is 3. The molecule has 30 heavy (non-hydrogen) atoms. The summed E-state index contributed by atoms with van der Waals surface area (Å²) in [5.74, 6) is 1.87. The van der Waals surface area contributed by atoms with Crippen LogP contribution in [0.4, 0.5) is 0 Å². The van der Waals surface area contributed by atoms with Crippen LogP contribution in [0.5, 0.6) is 0 Å². The molecule has 0 aliphatic heterocycles. The van der Waals surface area contributed by atoms with Crippen molar-refractivity contribution in [2.45, 2.75) is 47.2 Å². The van der Waals surface area contributed by atoms with Gasteiger partial charge < -0.3 is 15.2 Å². The topological polar surface area (TPSA) is 67.1 Å². The largest absolute Gasteiger partial charge is 0.357 e. The number of aliphatic imine (C=N–C) groups is 1. The molecule has 2 heterocycles. The first-order chi connectivity index (χ1) is 14.0. The first-order valence-corrected chi connectivity index (χ1v) is 10.9. The number of nitrogens with one attached hydrogen (secondary N) is 2. The number of benzene rings is 1. The number of thiazole rings is 1. The molecule has 0 saturated heterocycles. The van der Waals surface area contributed by atoms with Crippen LogP contribution >= 0.6 is 35.3 Å². The molecule has 0 aliphatic carbocycles. The van der Waals surface area contributed by atoms with Gasteiger partial charge >= 0.3 is 0 Å². The van der Waals surface area contributed by atoms with Crippen LogP contribution < -0.4 is 10.6 Å². The summed E-state index contributed by atoms with van der Waals surface area (Å²) in [6.07, 6.45) is 4.76. The number of hydrogen-bond acceptors (Lipinski definition) is 4. The van der Waals surface area contributed by atoms with E-state index in [4.69, 9.17) is 4.99 Å². The zero-order valence-electron chi connectivity index (χ0n) is 18.1. The highest BCUT2D eigenvalue weighted by Crippen LogP contribution is 2.16. The van der Waals surface area contributed by atoms with E-state index in [0.29, 0.717) is 6.54 Å². The predicted octanol–water partition coefficient (Wildman–Crippen LogP) is 4.23. The smallest absolute Gasteiger partial charge is 0.191 e. The molecule has 3 aromatic rings. The van der Waals surface area contributed by atoms with E-state index in [1.54, 1.807) is 11.3 Å². The van der Waals surface area contributed by atoms with E-state index < -0.39 is 0 Å². The molecule has 8 heteroatoms. The maximum absolute atomic E-state index is 4.75. The van der Waals surface area contributed by atoms with Crippen molar-refractivity contribution in [3.8, 4) is 0 Å². The minimum absolute atomic E-state index is 0. The van der Waals surface area contributed by atoms with Crippen LogP contribution in [0.2, 0.25) is 0 Å². The zero-order valence-corrected chi connectivity index (χ0v) is 21.3. The summed E-state index contributed by atoms with van der Waals surface area (Å²) in [6, 6.07) is 8.58. The average Bonchev–Trinajstić information content (AvgIpc) is 3.25. The molecular weight excluding hydrogens is 507 g/mol. The average molecular weight is 539 g/mol. The first-order valence-electron chi connectivity index (χ1n) is 10.1. The van der Waals surface area contributed by atoms with Gasteiger partial charge in [-0.3, -0.25) is 0 Å². The van der Waals surface area contributed by atoms with E-state index in [-0.39, 0.29) is 24.0 Å². The molecule has 6 nitrogen and oxygen atoms in total. The van der Waals surface area contributed by atoms with E-state index in [1.165, 1.54) is 21.0 Å². The van der Waals surface area contributed by atoms with E-state index >= 15 is 0 Å². The Morgan fingerprint density at radius 1 is 1.17 bits per heavy atom. The zero-order chi connectivity index (χ0) is 20.6. The Balaban J connectivity index is 0.00000320. The molecule has 3 rings (SSSR count). The number of nitrogens with zero attached hydrogens (tertiary/aromatic N) is 4. The van der Waals surface area contributed by atoms with E-state index in [1.807, 2.05) is 19.3 Å². The van der Waals surface area contributed by atoms with Crippen LogP contribution in [0.1, 0.15) is 39.5 Å². The van der Waals surface area contributed by atoms with Gasteiger partial charge in [-0.25, -0.2) is 15.0 Å². The van der Waals surface area contributed by atoms with Gasteiger partial charge in [0.05, 0.1) is 17.2 Å². The molecule has 0 amide bonds. The molecule has 1 aromatic carbocycles. The molecule has 2 N–H and O–H groups in total. The number of halogens is 1. The number of aromatic nitrogens is 3. The Labute approximate surface area is 200 Å². The Hall–Kier alpha value is -1.94. The highest BCUT2D eigenvalue weighted by Gasteiger charge is 2.05. The number of hydrogen-bond donors (Lipinski definition) is 2. The Kier molecular flexibility index (Phi) is 9.77. The number of imidazole rings is 1. The lowest BCUT2D eigenvalue weighted by Crippen LogP contribution is -2.38. The van der Waals surface area contributed by atoms with Gasteiger partial charge in [0.1, 0.15) is 5.82 Å². The van der Waals surface area contributed by atoms with E-state index in [9.17, 15) is 0 Å². The lowest BCUT2D eigenvalue weighted by Gasteiger charge is -2.11. The van der Waals surface area contributed by atoms with Crippen molar-refractivity contribution in [1.82, 2.24) is 25.2 Å². The third-order valence-corrected chi connectivity index (χ3v) is 5.87. The molecule has 0 radical (unpaired) electrons. The second-order valence-corrected chi connectivity index (χ2v) is 8.33. The van der Waals surface area contributed by atoms with Crippen molar-refractivity contribution in [2.24, 2.45) is 4.99 Å². The lowest BCUT2D eigenvalue weighted by atomic mass is 10.1. The maximum Gasteiger partial charge on any atom is 0.191 e. The third kappa shape index (κ3) is 7.09. The summed E-state index contributed by atoms with van der Waals surface area (Å²) in [7, 11) is 0. The molecule has 162 valence electrons. The Morgan fingerprint density at radius 3 is 2.63 bits per heavy atom. The molecule has 0 unspecified atom stereocenters. The van der Waals surface area contributed by atoms with Crippen LogP contribution in [0.25, 0.3) is 0 Å². The molecule has 0 atom stereocenters. The molecule has 0 spiro atoms. The second-order valence-electron chi connectivity index (χ2n) is 7.04. The SMILES string of the molecule is CCNC(=NCc1cccc(Cn2ccnc2C)c1)NCCc1nc(C)c(C)s1.I. The molecule has 2 aromatic heterocycles. The van der Waals surface area contributed by atoms with Crippen molar-refractivity contribution in [2.75, 3.05) is 13.1 Å². The maximum atomic E-state index is 4.75. The summed E-state index contributed by atoms with van der Waals surface area (Å²) in [4.78, 5) is 14.9. The van der Waals surface area contributed by atoms with Crippen molar-refractivity contribution >= 4 is 41.3 Å². The summed E-state index contributed by atoms with van der Waals surface area (Å²) in [5.41, 5.74) is 3.59. The normalized spacial score (nSPS) is 11.3. The van der Waals surface area contributed by atoms with Gasteiger partial charge in [0.25, 0.3) is 0 Å². The van der Waals surface area contributed by atoms with Crippen LogP contribution in [0.15, 0.2) is 41.7 Å². The first kappa shape index (κ1) is 24.3. The van der Waals surface area contributed by atoms with Gasteiger partial charge in [-0.15, -0.1) is 35.3 Å². The van der Waals surface area contributed by atoms with Crippen molar-refractivity contribution in [1.29, 1.82) is 0 Å². The second kappa shape index (κ2) is 12.0. The van der Waals surface area contributed by atoms with Crippen LogP contribution in [0, 0.1) is 20.8 Å². The highest BCUT2D eigenvalue weighted by molar-refractivity contribution is 14.0. The summed E-state index contributed by atoms with van der Waals surface area (Å²) < 4.78 is 2.15. The van der Waals surface area contributed by atoms with Gasteiger partial charge in [-0.2, -0.15) is 0 Å². The predicted molar refractivity (Wildman–Crippen MR) is 136 cm³/mol. The van der Waals surface area contributed by atoms with Gasteiger partial charge in [0, 0.05) is 43.3 Å². The fourth-order valence-electron chi connectivity index (χ4n) is 3.04. The van der Waals surface area contributed by atoms with Crippen LogP contribution in [0.3, 0.4) is 0 Å². The van der Waals surface area contributed by atoms with Gasteiger partial charge in [-0.05, 0) is 38.8 Å². The number of guanidine groups is 1. The molecule has 0 bridgehead atoms. The highest BCUT2D eigenvalue weighted by atomic mass is 127. The van der Waals surface area contributed by atoms with Crippen molar-refractivity contribution in [3.63, 3.8) is 0 Å². The lowest BCUT2D eigenvalue weighted by molar-refractivity contribution is 0.760. The van der Waals surface area contributed by atoms with Crippen LogP contribution in [-0.2, 0) is 19.5 Å². The van der Waals surface area contributed by atoms with Gasteiger partial charge in [-0.1, -0.05) is 24.3 Å². The summed E-state index contributed by atoms with van der Waals surface area (Å²) >= 11 is 1.78. The molecule has 0 saturated carbocycles. The fraction of sp³-hybridized carbons (Fsp3) is 0.409. The standard InChI is InChI=1S/C22H30N6S.HI/c1-5-23-22(25-10-9-21-27-16(2)17(3)29-21)26-14-19-7-6-8-20(13-19)15-28-12-11-24-18(28)4;/h6-8,11-13H,5,9-10,14-15H2,1-4H3,(H2,23,25,26);1H. The minimum atomic E-state index is 0. The quantitative estimate of drug-likeness (QED) is 0.256. The Morgan fingerprint density at radius 2 is 1.97 bits per heavy atom. The summed E-state index contributed by atoms with van der Waals surface area (Å²) in [6.45, 7) is 11.4. The van der Waals surface area contributed by atoms with Crippen LogP contribution in [-0.4, -0.2) is 33.6 Å². The van der Waals surface area contributed by atoms with E-state index in [0.717, 1.165) is 43.5 Å². The van der Waals surface area contributed by atoms with E-state index in [2.05, 4.69) is 70.2 Å². The third-order valence-electron chi connectivity index (χ3n) is 4.74. The van der Waals surface area contributed by atoms with Crippen molar-refractivity contribution < 1.29 is 0 Å². The Bertz CT molecular complexity index is 943. The summed E-state index contributed by atoms with van der Waals surface area (Å²) in [5, 5.41) is 7.92. The fourth-order valence-corrected chi connectivity index (χ4v) is 3.97.